The Hall–Kier alpha value is -3.42. The predicted molar refractivity (Wildman–Crippen MR) is 89.3 cm³/mol. The summed E-state index contributed by atoms with van der Waals surface area (Å²) in [5.41, 5.74) is 7.14. The van der Waals surface area contributed by atoms with Crippen LogP contribution in [0.15, 0.2) is 56.8 Å². The lowest BCUT2D eigenvalue weighted by Crippen LogP contribution is -2.14. The molecule has 3 rings (SSSR count). The molecule has 0 aliphatic heterocycles. The van der Waals surface area contributed by atoms with Crippen molar-refractivity contribution in [3.05, 3.63) is 53.9 Å². The van der Waals surface area contributed by atoms with Gasteiger partial charge in [-0.15, -0.1) is 0 Å². The van der Waals surface area contributed by atoms with E-state index in [4.69, 9.17) is 29.0 Å². The Kier molecular flexibility index (Phi) is 4.89. The van der Waals surface area contributed by atoms with Crippen molar-refractivity contribution in [1.82, 2.24) is 5.16 Å². The molecule has 0 aliphatic rings. The van der Waals surface area contributed by atoms with Gasteiger partial charge in [0.25, 0.3) is 0 Å². The largest absolute Gasteiger partial charge is 0.493 e. The van der Waals surface area contributed by atoms with Gasteiger partial charge in [-0.2, -0.15) is 0 Å². The van der Waals surface area contributed by atoms with Crippen LogP contribution in [0, 0.1) is 0 Å². The molecule has 0 fully saturated rings. The summed E-state index contributed by atoms with van der Waals surface area (Å²) < 4.78 is 20.8. The summed E-state index contributed by atoms with van der Waals surface area (Å²) in [6, 6.07) is 10.5. The van der Waals surface area contributed by atoms with E-state index >= 15 is 0 Å². The first-order valence-electron chi connectivity index (χ1n) is 7.38. The number of benzene rings is 1. The lowest BCUT2D eigenvalue weighted by molar-refractivity contribution is 0.125. The molecule has 3 aromatic rings. The average molecular weight is 343 g/mol. The van der Waals surface area contributed by atoms with Gasteiger partial charge in [-0.3, -0.25) is 0 Å². The molecule has 0 aliphatic carbocycles. The van der Waals surface area contributed by atoms with Crippen molar-refractivity contribution >= 4 is 5.84 Å². The zero-order valence-corrected chi connectivity index (χ0v) is 13.8. The zero-order valence-electron chi connectivity index (χ0n) is 13.8. The molecule has 0 unspecified atom stereocenters. The third-order valence-electron chi connectivity index (χ3n) is 3.38. The quantitative estimate of drug-likeness (QED) is 0.399. The number of rotatable bonds is 7. The Labute approximate surface area is 143 Å². The van der Waals surface area contributed by atoms with Crippen LogP contribution in [0.3, 0.4) is 0 Å². The standard InChI is InChI=1S/C17H17N3O5/c1-21-13-6-5-11(8-15(13)22-2)17(18)20-24-10-12-9-16(25-19-12)14-4-3-7-23-14/h3-9H,10H2,1-2H3,(H2,18,20). The van der Waals surface area contributed by atoms with E-state index in [9.17, 15) is 0 Å². The maximum Gasteiger partial charge on any atom is 0.202 e. The number of ether oxygens (including phenoxy) is 2. The minimum Gasteiger partial charge on any atom is -0.493 e. The fraction of sp³-hybridized carbons (Fsp3) is 0.176. The number of aromatic nitrogens is 1. The SMILES string of the molecule is COc1ccc(C(N)=NOCc2cc(-c3ccco3)on2)cc1OC. The highest BCUT2D eigenvalue weighted by Gasteiger charge is 2.10. The van der Waals surface area contributed by atoms with E-state index in [1.54, 1.807) is 56.9 Å². The molecule has 0 amide bonds. The van der Waals surface area contributed by atoms with Crippen LogP contribution >= 0.6 is 0 Å². The molecule has 8 heteroatoms. The predicted octanol–water partition coefficient (Wildman–Crippen LogP) is 2.79. The monoisotopic (exact) mass is 343 g/mol. The fourth-order valence-electron chi connectivity index (χ4n) is 2.13. The fourth-order valence-corrected chi connectivity index (χ4v) is 2.13. The molecule has 0 spiro atoms. The maximum absolute atomic E-state index is 5.93. The topological polar surface area (TPSA) is 105 Å². The number of furan rings is 1. The summed E-state index contributed by atoms with van der Waals surface area (Å²) in [4.78, 5) is 5.23. The van der Waals surface area contributed by atoms with Crippen LogP contribution in [0.4, 0.5) is 0 Å². The number of methoxy groups -OCH3 is 2. The minimum absolute atomic E-state index is 0.109. The molecule has 2 N–H and O–H groups in total. The Bertz CT molecular complexity index is 855. The first kappa shape index (κ1) is 16.4. The van der Waals surface area contributed by atoms with Crippen LogP contribution in [-0.2, 0) is 11.4 Å². The zero-order chi connectivity index (χ0) is 17.6. The molecular formula is C17H17N3O5. The van der Waals surface area contributed by atoms with Crippen LogP contribution < -0.4 is 15.2 Å². The molecule has 2 aromatic heterocycles. The van der Waals surface area contributed by atoms with Crippen LogP contribution in [-0.4, -0.2) is 25.2 Å². The highest BCUT2D eigenvalue weighted by molar-refractivity contribution is 5.97. The molecule has 130 valence electrons. The van der Waals surface area contributed by atoms with Gasteiger partial charge in [0.1, 0.15) is 5.69 Å². The van der Waals surface area contributed by atoms with Crippen molar-refractivity contribution in [1.29, 1.82) is 0 Å². The Balaban J connectivity index is 1.64. The van der Waals surface area contributed by atoms with Gasteiger partial charge in [-0.1, -0.05) is 10.3 Å². The summed E-state index contributed by atoms with van der Waals surface area (Å²) in [7, 11) is 3.11. The Morgan fingerprint density at radius 3 is 2.68 bits per heavy atom. The van der Waals surface area contributed by atoms with Crippen molar-refractivity contribution in [2.24, 2.45) is 10.9 Å². The van der Waals surface area contributed by atoms with Gasteiger partial charge in [-0.05, 0) is 30.3 Å². The highest BCUT2D eigenvalue weighted by Crippen LogP contribution is 2.27. The van der Waals surface area contributed by atoms with Gasteiger partial charge >= 0.3 is 0 Å². The van der Waals surface area contributed by atoms with Crippen molar-refractivity contribution in [2.45, 2.75) is 6.61 Å². The molecule has 2 heterocycles. The van der Waals surface area contributed by atoms with E-state index in [0.29, 0.717) is 34.3 Å². The van der Waals surface area contributed by atoms with E-state index in [1.165, 1.54) is 0 Å². The molecule has 0 radical (unpaired) electrons. The van der Waals surface area contributed by atoms with E-state index in [0.717, 1.165) is 0 Å². The van der Waals surface area contributed by atoms with Crippen molar-refractivity contribution < 1.29 is 23.3 Å². The number of nitrogens with two attached hydrogens (primary N) is 1. The second-order valence-corrected chi connectivity index (χ2v) is 4.98. The number of amidine groups is 1. The number of oxime groups is 1. The molecule has 8 nitrogen and oxygen atoms in total. The average Bonchev–Trinajstić information content (AvgIpc) is 3.32. The van der Waals surface area contributed by atoms with Crippen molar-refractivity contribution in [3.63, 3.8) is 0 Å². The third kappa shape index (κ3) is 3.74. The second kappa shape index (κ2) is 7.43. The summed E-state index contributed by atoms with van der Waals surface area (Å²) in [6.07, 6.45) is 1.56. The molecule has 25 heavy (non-hydrogen) atoms. The lowest BCUT2D eigenvalue weighted by Gasteiger charge is -2.09. The van der Waals surface area contributed by atoms with E-state index < -0.39 is 0 Å². The normalized spacial score (nSPS) is 11.4. The molecule has 0 bridgehead atoms. The molecule has 1 aromatic carbocycles. The summed E-state index contributed by atoms with van der Waals surface area (Å²) in [5.74, 6) is 2.47. The number of nitrogens with zero attached hydrogens (tertiary/aromatic N) is 2. The first-order chi connectivity index (χ1) is 12.2. The van der Waals surface area contributed by atoms with E-state index in [1.807, 2.05) is 0 Å². The van der Waals surface area contributed by atoms with Gasteiger partial charge in [-0.25, -0.2) is 0 Å². The lowest BCUT2D eigenvalue weighted by atomic mass is 10.2. The minimum atomic E-state index is 0.109. The van der Waals surface area contributed by atoms with Gasteiger partial charge < -0.3 is 29.0 Å². The number of hydrogen-bond acceptors (Lipinski definition) is 7. The maximum atomic E-state index is 5.93. The van der Waals surface area contributed by atoms with E-state index in [2.05, 4.69) is 10.3 Å². The molecular weight excluding hydrogens is 326 g/mol. The first-order valence-corrected chi connectivity index (χ1v) is 7.38. The van der Waals surface area contributed by atoms with Crippen LogP contribution in [0.1, 0.15) is 11.3 Å². The van der Waals surface area contributed by atoms with Gasteiger partial charge in [0, 0.05) is 11.6 Å². The van der Waals surface area contributed by atoms with Gasteiger partial charge in [0.05, 0.1) is 20.5 Å². The number of hydrogen-bond donors (Lipinski definition) is 1. The smallest absolute Gasteiger partial charge is 0.202 e. The molecule has 0 saturated carbocycles. The van der Waals surface area contributed by atoms with Crippen LogP contribution in [0.5, 0.6) is 11.5 Å². The molecule has 0 saturated heterocycles. The van der Waals surface area contributed by atoms with Crippen LogP contribution in [0.25, 0.3) is 11.5 Å². The van der Waals surface area contributed by atoms with Gasteiger partial charge in [0.15, 0.2) is 29.7 Å². The highest BCUT2D eigenvalue weighted by atomic mass is 16.6. The Morgan fingerprint density at radius 1 is 1.12 bits per heavy atom. The third-order valence-corrected chi connectivity index (χ3v) is 3.38. The van der Waals surface area contributed by atoms with Gasteiger partial charge in [0.2, 0.25) is 5.76 Å². The van der Waals surface area contributed by atoms with Crippen molar-refractivity contribution in [3.8, 4) is 23.0 Å². The van der Waals surface area contributed by atoms with Crippen LogP contribution in [0.2, 0.25) is 0 Å². The molecule has 0 atom stereocenters. The van der Waals surface area contributed by atoms with Crippen molar-refractivity contribution in [2.75, 3.05) is 14.2 Å². The second-order valence-electron chi connectivity index (χ2n) is 4.98. The summed E-state index contributed by atoms with van der Waals surface area (Å²) in [5, 5.41) is 7.77. The summed E-state index contributed by atoms with van der Waals surface area (Å²) in [6.45, 7) is 0.109. The Morgan fingerprint density at radius 2 is 1.96 bits per heavy atom. The summed E-state index contributed by atoms with van der Waals surface area (Å²) >= 11 is 0. The van der Waals surface area contributed by atoms with E-state index in [-0.39, 0.29) is 12.4 Å².